The van der Waals surface area contributed by atoms with E-state index in [1.165, 1.54) is 0 Å². The highest BCUT2D eigenvalue weighted by Crippen LogP contribution is 2.07. The van der Waals surface area contributed by atoms with E-state index >= 15 is 0 Å². The lowest BCUT2D eigenvalue weighted by Crippen LogP contribution is -2.42. The normalized spacial score (nSPS) is 11.9. The zero-order valence-corrected chi connectivity index (χ0v) is 16.7. The highest BCUT2D eigenvalue weighted by molar-refractivity contribution is 7.89. The minimum absolute atomic E-state index is 0.0215. The number of rotatable bonds is 9. The van der Waals surface area contributed by atoms with Crippen molar-refractivity contribution in [3.05, 3.63) is 35.4 Å². The fraction of sp³-hybridized carbons (Fsp3) is 0.529. The number of hydrogen-bond acceptors (Lipinski definition) is 4. The van der Waals surface area contributed by atoms with E-state index in [-0.39, 0.29) is 11.7 Å². The minimum atomic E-state index is -3.18. The SMILES string of the molecule is CCS(=O)(=O)NCCNC(=NC)NCCc1cccc(C(=O)N(C)C)c1. The molecule has 0 unspecified atom stereocenters. The summed E-state index contributed by atoms with van der Waals surface area (Å²) in [7, 11) is 1.94. The van der Waals surface area contributed by atoms with Crippen molar-refractivity contribution < 1.29 is 13.2 Å². The third-order valence-corrected chi connectivity index (χ3v) is 5.03. The number of guanidine groups is 1. The van der Waals surface area contributed by atoms with Crippen molar-refractivity contribution in [2.45, 2.75) is 13.3 Å². The van der Waals surface area contributed by atoms with Crippen LogP contribution in [0, 0.1) is 0 Å². The first-order valence-electron chi connectivity index (χ1n) is 8.51. The van der Waals surface area contributed by atoms with Crippen molar-refractivity contribution in [3.8, 4) is 0 Å². The molecule has 0 aliphatic rings. The van der Waals surface area contributed by atoms with E-state index < -0.39 is 10.0 Å². The van der Waals surface area contributed by atoms with Crippen LogP contribution in [0.4, 0.5) is 0 Å². The summed E-state index contributed by atoms with van der Waals surface area (Å²) in [5, 5.41) is 6.22. The Balaban J connectivity index is 2.41. The Morgan fingerprint density at radius 2 is 1.85 bits per heavy atom. The Bertz CT molecular complexity index is 717. The molecule has 0 aliphatic heterocycles. The summed E-state index contributed by atoms with van der Waals surface area (Å²) < 4.78 is 25.2. The number of nitrogens with zero attached hydrogens (tertiary/aromatic N) is 2. The van der Waals surface area contributed by atoms with E-state index in [0.29, 0.717) is 31.2 Å². The van der Waals surface area contributed by atoms with Crippen LogP contribution in [0.2, 0.25) is 0 Å². The fourth-order valence-electron chi connectivity index (χ4n) is 2.15. The molecule has 1 rings (SSSR count). The second-order valence-electron chi connectivity index (χ2n) is 5.87. The lowest BCUT2D eigenvalue weighted by molar-refractivity contribution is 0.0827. The molecule has 0 fully saturated rings. The molecule has 3 N–H and O–H groups in total. The van der Waals surface area contributed by atoms with Gasteiger partial charge < -0.3 is 15.5 Å². The van der Waals surface area contributed by atoms with Gasteiger partial charge in [0.05, 0.1) is 5.75 Å². The third-order valence-electron chi connectivity index (χ3n) is 3.63. The van der Waals surface area contributed by atoms with Crippen molar-refractivity contribution in [2.75, 3.05) is 46.5 Å². The summed E-state index contributed by atoms with van der Waals surface area (Å²) in [5.41, 5.74) is 1.72. The monoisotopic (exact) mass is 383 g/mol. The largest absolute Gasteiger partial charge is 0.356 e. The third kappa shape index (κ3) is 7.83. The van der Waals surface area contributed by atoms with Crippen LogP contribution in [-0.4, -0.2) is 71.7 Å². The second kappa shape index (κ2) is 10.8. The summed E-state index contributed by atoms with van der Waals surface area (Å²) in [6.45, 7) is 2.97. The van der Waals surface area contributed by atoms with Crippen molar-refractivity contribution in [1.29, 1.82) is 0 Å². The summed E-state index contributed by atoms with van der Waals surface area (Å²) in [6.07, 6.45) is 0.734. The van der Waals surface area contributed by atoms with Crippen molar-refractivity contribution >= 4 is 21.9 Å². The van der Waals surface area contributed by atoms with Crippen molar-refractivity contribution in [3.63, 3.8) is 0 Å². The number of aliphatic imine (C=N–C) groups is 1. The van der Waals surface area contributed by atoms with Crippen LogP contribution in [-0.2, 0) is 16.4 Å². The molecule has 1 aromatic rings. The first kappa shape index (κ1) is 21.9. The van der Waals surface area contributed by atoms with Gasteiger partial charge in [-0.15, -0.1) is 0 Å². The van der Waals surface area contributed by atoms with Gasteiger partial charge in [0.2, 0.25) is 10.0 Å². The molecule has 1 amide bonds. The molecule has 0 saturated heterocycles. The maximum Gasteiger partial charge on any atom is 0.253 e. The Morgan fingerprint density at radius 3 is 2.46 bits per heavy atom. The average molecular weight is 384 g/mol. The van der Waals surface area contributed by atoms with Crippen LogP contribution in [0.15, 0.2) is 29.3 Å². The number of carbonyl (C=O) groups excluding carboxylic acids is 1. The molecule has 0 atom stereocenters. The van der Waals surface area contributed by atoms with E-state index in [1.807, 2.05) is 18.2 Å². The fourth-order valence-corrected chi connectivity index (χ4v) is 2.77. The standard InChI is InChI=1S/C17H29N5O3S/c1-5-26(24,25)21-12-11-20-17(18-2)19-10-9-14-7-6-8-15(13-14)16(23)22(3)4/h6-8,13,21H,5,9-12H2,1-4H3,(H2,18,19,20). The molecule has 26 heavy (non-hydrogen) atoms. The van der Waals surface area contributed by atoms with Gasteiger partial charge in [0, 0.05) is 46.3 Å². The maximum absolute atomic E-state index is 12.0. The minimum Gasteiger partial charge on any atom is -0.356 e. The summed E-state index contributed by atoms with van der Waals surface area (Å²) in [5.74, 6) is 0.642. The van der Waals surface area contributed by atoms with Gasteiger partial charge in [-0.05, 0) is 31.0 Å². The van der Waals surface area contributed by atoms with E-state index in [9.17, 15) is 13.2 Å². The van der Waals surface area contributed by atoms with Gasteiger partial charge in [0.1, 0.15) is 0 Å². The first-order chi connectivity index (χ1) is 12.3. The number of sulfonamides is 1. The summed E-state index contributed by atoms with van der Waals surface area (Å²) >= 11 is 0. The van der Waals surface area contributed by atoms with Crippen LogP contribution in [0.3, 0.4) is 0 Å². The number of amides is 1. The van der Waals surface area contributed by atoms with E-state index in [0.717, 1.165) is 12.0 Å². The predicted octanol–water partition coefficient (Wildman–Crippen LogP) is 0.0352. The number of carbonyl (C=O) groups is 1. The quantitative estimate of drug-likeness (QED) is 0.317. The van der Waals surface area contributed by atoms with Crippen LogP contribution in [0.25, 0.3) is 0 Å². The van der Waals surface area contributed by atoms with Gasteiger partial charge in [-0.25, -0.2) is 13.1 Å². The average Bonchev–Trinajstić information content (AvgIpc) is 2.63. The van der Waals surface area contributed by atoms with Crippen molar-refractivity contribution in [2.24, 2.45) is 4.99 Å². The Kier molecular flexibility index (Phi) is 9.08. The van der Waals surface area contributed by atoms with Crippen LogP contribution < -0.4 is 15.4 Å². The first-order valence-corrected chi connectivity index (χ1v) is 10.2. The molecule has 0 aliphatic carbocycles. The van der Waals surface area contributed by atoms with E-state index in [2.05, 4.69) is 20.3 Å². The lowest BCUT2D eigenvalue weighted by Gasteiger charge is -2.13. The highest BCUT2D eigenvalue weighted by atomic mass is 32.2. The smallest absolute Gasteiger partial charge is 0.253 e. The Labute approximate surface area is 156 Å². The second-order valence-corrected chi connectivity index (χ2v) is 7.97. The molecule has 0 spiro atoms. The number of hydrogen-bond donors (Lipinski definition) is 3. The van der Waals surface area contributed by atoms with Gasteiger partial charge in [0.15, 0.2) is 5.96 Å². The molecular weight excluding hydrogens is 354 g/mol. The Hall–Kier alpha value is -2.13. The van der Waals surface area contributed by atoms with E-state index in [4.69, 9.17) is 0 Å². The molecule has 9 heteroatoms. The van der Waals surface area contributed by atoms with E-state index in [1.54, 1.807) is 39.0 Å². The molecular formula is C17H29N5O3S. The number of benzene rings is 1. The summed E-state index contributed by atoms with van der Waals surface area (Å²) in [4.78, 5) is 17.6. The zero-order chi connectivity index (χ0) is 19.6. The van der Waals surface area contributed by atoms with Gasteiger partial charge in [-0.1, -0.05) is 12.1 Å². The van der Waals surface area contributed by atoms with Crippen LogP contribution in [0.1, 0.15) is 22.8 Å². The van der Waals surface area contributed by atoms with Gasteiger partial charge >= 0.3 is 0 Å². The van der Waals surface area contributed by atoms with Crippen LogP contribution >= 0.6 is 0 Å². The van der Waals surface area contributed by atoms with Crippen LogP contribution in [0.5, 0.6) is 0 Å². The molecule has 1 aromatic carbocycles. The molecule has 0 saturated carbocycles. The number of nitrogens with one attached hydrogen (secondary N) is 3. The predicted molar refractivity (Wildman–Crippen MR) is 105 cm³/mol. The zero-order valence-electron chi connectivity index (χ0n) is 15.9. The van der Waals surface area contributed by atoms with Gasteiger partial charge in [-0.2, -0.15) is 0 Å². The molecule has 0 radical (unpaired) electrons. The maximum atomic E-state index is 12.0. The molecule has 146 valence electrons. The topological polar surface area (TPSA) is 103 Å². The molecule has 0 heterocycles. The molecule has 0 bridgehead atoms. The highest BCUT2D eigenvalue weighted by Gasteiger charge is 2.08. The Morgan fingerprint density at radius 1 is 1.15 bits per heavy atom. The summed E-state index contributed by atoms with van der Waals surface area (Å²) in [6, 6.07) is 7.54. The molecule has 8 nitrogen and oxygen atoms in total. The lowest BCUT2D eigenvalue weighted by atomic mass is 10.1. The van der Waals surface area contributed by atoms with Gasteiger partial charge in [-0.3, -0.25) is 9.79 Å². The van der Waals surface area contributed by atoms with Crippen molar-refractivity contribution in [1.82, 2.24) is 20.3 Å². The molecule has 0 aromatic heterocycles. The van der Waals surface area contributed by atoms with Gasteiger partial charge in [0.25, 0.3) is 5.91 Å².